The van der Waals surface area contributed by atoms with Crippen LogP contribution in [0.15, 0.2) is 12.5 Å². The van der Waals surface area contributed by atoms with Gasteiger partial charge in [-0.2, -0.15) is 0 Å². The Morgan fingerprint density at radius 1 is 1.21 bits per heavy atom. The highest BCUT2D eigenvalue weighted by molar-refractivity contribution is 5.81. The van der Waals surface area contributed by atoms with Crippen molar-refractivity contribution in [1.29, 1.82) is 0 Å². The monoisotopic (exact) mass is 477 g/mol. The van der Waals surface area contributed by atoms with Gasteiger partial charge in [0.15, 0.2) is 11.9 Å². The minimum absolute atomic E-state index is 0.0131. The lowest BCUT2D eigenvalue weighted by Crippen LogP contribution is -2.70. The van der Waals surface area contributed by atoms with E-state index in [4.69, 9.17) is 24.0 Å². The number of imidazole rings is 1. The molecule has 1 saturated carbocycles. The molecule has 34 heavy (non-hydrogen) atoms. The molecule has 4 saturated heterocycles. The fourth-order valence-corrected chi connectivity index (χ4v) is 6.26. The first-order valence-electron chi connectivity index (χ1n) is 12.4. The van der Waals surface area contributed by atoms with Gasteiger partial charge in [-0.05, 0) is 38.0 Å². The highest BCUT2D eigenvalue weighted by atomic mass is 17.3. The molecule has 1 aromatic heterocycles. The summed E-state index contributed by atoms with van der Waals surface area (Å²) in [5.41, 5.74) is 0.253. The molecule has 8 atom stereocenters. The van der Waals surface area contributed by atoms with E-state index in [-0.39, 0.29) is 36.5 Å². The van der Waals surface area contributed by atoms with Gasteiger partial charge in [0, 0.05) is 49.5 Å². The van der Waals surface area contributed by atoms with Crippen molar-refractivity contribution in [1.82, 2.24) is 15.3 Å². The summed E-state index contributed by atoms with van der Waals surface area (Å²) in [5.74, 6) is -0.814. The van der Waals surface area contributed by atoms with Crippen LogP contribution in [0.1, 0.15) is 65.0 Å². The van der Waals surface area contributed by atoms with Crippen LogP contribution < -0.4 is 5.32 Å². The van der Waals surface area contributed by atoms with Gasteiger partial charge in [0.1, 0.15) is 0 Å². The number of amides is 1. The first kappa shape index (κ1) is 23.7. The number of nitrogens with one attached hydrogen (secondary N) is 2. The van der Waals surface area contributed by atoms with Crippen molar-refractivity contribution in [3.05, 3.63) is 18.2 Å². The number of carbonyl (C=O) groups is 2. The Bertz CT molecular complexity index is 895. The Hall–Kier alpha value is -2.01. The minimum Gasteiger partial charge on any atom is -0.435 e. The van der Waals surface area contributed by atoms with E-state index in [0.29, 0.717) is 18.9 Å². The largest absolute Gasteiger partial charge is 0.435 e. The number of H-pyrrole nitrogens is 1. The molecule has 6 rings (SSSR count). The van der Waals surface area contributed by atoms with E-state index in [0.717, 1.165) is 31.4 Å². The summed E-state index contributed by atoms with van der Waals surface area (Å²) in [4.78, 5) is 43.6. The van der Waals surface area contributed by atoms with Crippen LogP contribution in [0.25, 0.3) is 0 Å². The van der Waals surface area contributed by atoms with Gasteiger partial charge in [0.25, 0.3) is 0 Å². The molecule has 1 aromatic rings. The van der Waals surface area contributed by atoms with Crippen molar-refractivity contribution in [3.63, 3.8) is 0 Å². The first-order valence-corrected chi connectivity index (χ1v) is 12.4. The molecular weight excluding hydrogens is 442 g/mol. The Balaban J connectivity index is 1.18. The third kappa shape index (κ3) is 4.25. The van der Waals surface area contributed by atoms with Crippen LogP contribution in [0.2, 0.25) is 0 Å². The van der Waals surface area contributed by atoms with E-state index < -0.39 is 29.9 Å². The maximum Gasteiger partial charge on any atom is 0.308 e. The maximum absolute atomic E-state index is 12.6. The molecule has 5 aliphatic rings. The van der Waals surface area contributed by atoms with Gasteiger partial charge in [-0.15, -0.1) is 0 Å². The lowest BCUT2D eigenvalue weighted by atomic mass is 9.58. The van der Waals surface area contributed by atoms with Gasteiger partial charge in [0.05, 0.1) is 12.7 Å². The van der Waals surface area contributed by atoms with Crippen molar-refractivity contribution in [2.45, 2.75) is 89.7 Å². The molecule has 1 aliphatic carbocycles. The molecule has 2 bridgehead atoms. The van der Waals surface area contributed by atoms with Crippen LogP contribution >= 0.6 is 0 Å². The number of hydrogen-bond donors (Lipinski definition) is 2. The molecule has 0 radical (unpaired) electrons. The minimum atomic E-state index is -0.874. The third-order valence-corrected chi connectivity index (χ3v) is 8.17. The Kier molecular flexibility index (Phi) is 6.43. The summed E-state index contributed by atoms with van der Waals surface area (Å²) in [6.07, 6.45) is 6.28. The Morgan fingerprint density at radius 2 is 2.06 bits per heavy atom. The maximum atomic E-state index is 12.6. The molecule has 0 unspecified atom stereocenters. The molecule has 5 heterocycles. The quantitative estimate of drug-likeness (QED) is 0.454. The lowest BCUT2D eigenvalue weighted by molar-refractivity contribution is -0.576. The van der Waals surface area contributed by atoms with Crippen LogP contribution in [0.4, 0.5) is 0 Å². The van der Waals surface area contributed by atoms with Crippen LogP contribution in [0.5, 0.6) is 0 Å². The number of aromatic amines is 1. The van der Waals surface area contributed by atoms with Crippen LogP contribution in [0, 0.1) is 23.7 Å². The summed E-state index contributed by atoms with van der Waals surface area (Å²) in [6.45, 7) is 6.63. The van der Waals surface area contributed by atoms with Gasteiger partial charge in [-0.3, -0.25) is 9.59 Å². The highest BCUT2D eigenvalue weighted by Gasteiger charge is 2.69. The number of aromatic nitrogens is 2. The van der Waals surface area contributed by atoms with E-state index >= 15 is 0 Å². The molecule has 5 fully saturated rings. The zero-order valence-electron chi connectivity index (χ0n) is 20.1. The summed E-state index contributed by atoms with van der Waals surface area (Å²) in [6, 6.07) is 0. The molecule has 10 heteroatoms. The average molecular weight is 478 g/mol. The zero-order valence-corrected chi connectivity index (χ0v) is 20.1. The van der Waals surface area contributed by atoms with Gasteiger partial charge in [-0.1, -0.05) is 13.8 Å². The van der Waals surface area contributed by atoms with Gasteiger partial charge < -0.3 is 24.5 Å². The predicted molar refractivity (Wildman–Crippen MR) is 117 cm³/mol. The molecule has 188 valence electrons. The second kappa shape index (κ2) is 9.22. The smallest absolute Gasteiger partial charge is 0.308 e. The Labute approximate surface area is 199 Å². The molecule has 1 amide bonds. The lowest BCUT2D eigenvalue weighted by Gasteiger charge is -2.59. The number of fused-ring (bicyclic) bond motifs is 2. The molecule has 0 aromatic carbocycles. The standard InChI is InChI=1S/C24H35N3O7/c1-14-4-5-18-15(2)21(31-22-24(18)17(14)8-10-23(3,32-22)33-34-24)30-20(29)7-6-19(28)26-11-9-16-12-25-13-27-16/h12-15,17-18,21-22H,4-11H2,1-3H3,(H,25,27)(H,26,28)/t14-,15-,17-,18+,21-,22-,23-,24-/m1/s1. The number of rotatable bonds is 7. The Morgan fingerprint density at radius 3 is 2.85 bits per heavy atom. The normalized spacial score (nSPS) is 40.8. The molecule has 10 nitrogen and oxygen atoms in total. The van der Waals surface area contributed by atoms with Crippen LogP contribution in [0.3, 0.4) is 0 Å². The summed E-state index contributed by atoms with van der Waals surface area (Å²) < 4.78 is 18.3. The van der Waals surface area contributed by atoms with Gasteiger partial charge in [-0.25, -0.2) is 14.8 Å². The van der Waals surface area contributed by atoms with Gasteiger partial charge in [0.2, 0.25) is 18.0 Å². The van der Waals surface area contributed by atoms with Crippen molar-refractivity contribution in [2.75, 3.05) is 6.54 Å². The third-order valence-electron chi connectivity index (χ3n) is 8.17. The topological polar surface area (TPSA) is 121 Å². The number of carbonyl (C=O) groups excluding carboxylic acids is 2. The second-order valence-electron chi connectivity index (χ2n) is 10.4. The van der Waals surface area contributed by atoms with Crippen molar-refractivity contribution in [3.8, 4) is 0 Å². The van der Waals surface area contributed by atoms with Crippen molar-refractivity contribution in [2.24, 2.45) is 23.7 Å². The van der Waals surface area contributed by atoms with E-state index in [1.807, 2.05) is 13.8 Å². The average Bonchev–Trinajstić information content (AvgIpc) is 3.22. The fourth-order valence-electron chi connectivity index (χ4n) is 6.26. The molecule has 1 spiro atoms. The first-order chi connectivity index (χ1) is 16.3. The highest BCUT2D eigenvalue weighted by Crippen LogP contribution is 2.60. The number of hydrogen-bond acceptors (Lipinski definition) is 8. The van der Waals surface area contributed by atoms with Crippen LogP contribution in [-0.2, 0) is 40.0 Å². The zero-order chi connectivity index (χ0) is 23.9. The van der Waals surface area contributed by atoms with Crippen molar-refractivity contribution < 1.29 is 33.6 Å². The predicted octanol–water partition coefficient (Wildman–Crippen LogP) is 2.60. The molecule has 2 N–H and O–H groups in total. The second-order valence-corrected chi connectivity index (χ2v) is 10.4. The van der Waals surface area contributed by atoms with E-state index in [1.165, 1.54) is 0 Å². The van der Waals surface area contributed by atoms with Crippen LogP contribution in [-0.4, -0.2) is 52.4 Å². The number of esters is 1. The molecule has 4 aliphatic heterocycles. The molecular formula is C24H35N3O7. The summed E-state index contributed by atoms with van der Waals surface area (Å²) in [7, 11) is 0. The summed E-state index contributed by atoms with van der Waals surface area (Å²) in [5, 5.41) is 2.81. The van der Waals surface area contributed by atoms with E-state index in [2.05, 4.69) is 22.2 Å². The summed E-state index contributed by atoms with van der Waals surface area (Å²) >= 11 is 0. The van der Waals surface area contributed by atoms with E-state index in [1.54, 1.807) is 12.5 Å². The van der Waals surface area contributed by atoms with E-state index in [9.17, 15) is 9.59 Å². The van der Waals surface area contributed by atoms with Crippen molar-refractivity contribution >= 4 is 11.9 Å². The fraction of sp³-hybridized carbons (Fsp3) is 0.792. The number of ether oxygens (including phenoxy) is 3. The van der Waals surface area contributed by atoms with Gasteiger partial charge >= 0.3 is 5.97 Å². The number of nitrogens with zero attached hydrogens (tertiary/aromatic N) is 1. The SMILES string of the molecule is C[C@H]1[C@H](OC(=O)CCC(=O)NCCc2cnc[nH]2)O[C@@H]2O[C@@]3(C)CC[C@@H]4[C@H](C)CC[C@@H]1[C@@]24OO3.